The summed E-state index contributed by atoms with van der Waals surface area (Å²) in [6, 6.07) is 10.5. The molecular weight excluding hydrogens is 350 g/mol. The van der Waals surface area contributed by atoms with Crippen molar-refractivity contribution in [1.82, 2.24) is 4.98 Å². The number of aryl methyl sites for hydroxylation is 2. The van der Waals surface area contributed by atoms with Crippen LogP contribution in [0.1, 0.15) is 21.6 Å². The number of ether oxygens (including phenoxy) is 2. The highest BCUT2D eigenvalue weighted by Crippen LogP contribution is 2.40. The Morgan fingerprint density at radius 3 is 2.54 bits per heavy atom. The van der Waals surface area contributed by atoms with Gasteiger partial charge < -0.3 is 20.5 Å². The van der Waals surface area contributed by atoms with Gasteiger partial charge in [-0.2, -0.15) is 0 Å². The van der Waals surface area contributed by atoms with Crippen LogP contribution in [0.15, 0.2) is 41.8 Å². The Hall–Kier alpha value is -3.06. The van der Waals surface area contributed by atoms with Gasteiger partial charge in [-0.3, -0.25) is 4.79 Å². The van der Waals surface area contributed by atoms with E-state index in [0.29, 0.717) is 22.1 Å². The summed E-state index contributed by atoms with van der Waals surface area (Å²) in [5.74, 6) is 1.29. The van der Waals surface area contributed by atoms with Gasteiger partial charge in [-0.1, -0.05) is 0 Å². The molecule has 1 aromatic carbocycles. The highest BCUT2D eigenvalue weighted by atomic mass is 32.1. The lowest BCUT2D eigenvalue weighted by molar-refractivity contribution is 0.102. The lowest BCUT2D eigenvalue weighted by Gasteiger charge is -2.09. The van der Waals surface area contributed by atoms with E-state index in [0.717, 1.165) is 17.0 Å². The third kappa shape index (κ3) is 3.78. The molecule has 0 spiro atoms. The van der Waals surface area contributed by atoms with Gasteiger partial charge >= 0.3 is 0 Å². The molecule has 0 saturated heterocycles. The summed E-state index contributed by atoms with van der Waals surface area (Å²) >= 11 is 1.47. The van der Waals surface area contributed by atoms with Crippen molar-refractivity contribution >= 4 is 28.7 Å². The van der Waals surface area contributed by atoms with E-state index in [1.54, 1.807) is 43.5 Å². The second-order valence-corrected chi connectivity index (χ2v) is 6.55. The average Bonchev–Trinajstić information content (AvgIpc) is 2.96. The summed E-state index contributed by atoms with van der Waals surface area (Å²) < 4.78 is 11.2. The summed E-state index contributed by atoms with van der Waals surface area (Å²) in [5.41, 5.74) is 8.58. The van der Waals surface area contributed by atoms with Gasteiger partial charge in [-0.05, 0) is 50.2 Å². The Morgan fingerprint density at radius 1 is 1.15 bits per heavy atom. The quantitative estimate of drug-likeness (QED) is 0.696. The molecule has 2 heterocycles. The van der Waals surface area contributed by atoms with Gasteiger partial charge in [0.05, 0.1) is 12.7 Å². The highest BCUT2D eigenvalue weighted by molar-refractivity contribution is 7.12. The van der Waals surface area contributed by atoms with Gasteiger partial charge in [0.15, 0.2) is 5.75 Å². The van der Waals surface area contributed by atoms with Crippen LogP contribution in [0.5, 0.6) is 16.6 Å². The van der Waals surface area contributed by atoms with Gasteiger partial charge in [-0.25, -0.2) is 4.98 Å². The molecule has 7 heteroatoms. The van der Waals surface area contributed by atoms with Crippen molar-refractivity contribution in [1.29, 1.82) is 0 Å². The average molecular weight is 369 g/mol. The molecule has 0 radical (unpaired) electrons. The zero-order valence-electron chi connectivity index (χ0n) is 14.7. The van der Waals surface area contributed by atoms with Gasteiger partial charge in [0.1, 0.15) is 11.6 Å². The van der Waals surface area contributed by atoms with Crippen molar-refractivity contribution in [3.05, 3.63) is 58.6 Å². The number of carbonyl (C=O) groups is 1. The molecule has 26 heavy (non-hydrogen) atoms. The first-order valence-electron chi connectivity index (χ1n) is 7.92. The third-order valence-corrected chi connectivity index (χ3v) is 4.68. The van der Waals surface area contributed by atoms with Crippen LogP contribution >= 0.6 is 11.3 Å². The van der Waals surface area contributed by atoms with Crippen LogP contribution in [0.3, 0.4) is 0 Å². The topological polar surface area (TPSA) is 86.5 Å². The van der Waals surface area contributed by atoms with Crippen LogP contribution < -0.4 is 20.5 Å². The largest absolute Gasteiger partial charge is 0.492 e. The van der Waals surface area contributed by atoms with E-state index in [2.05, 4.69) is 10.3 Å². The number of pyridine rings is 1. The molecule has 0 aliphatic rings. The van der Waals surface area contributed by atoms with Crippen LogP contribution in [-0.2, 0) is 0 Å². The van der Waals surface area contributed by atoms with Crippen molar-refractivity contribution in [3.63, 3.8) is 0 Å². The molecule has 0 atom stereocenters. The first-order chi connectivity index (χ1) is 12.5. The van der Waals surface area contributed by atoms with Crippen molar-refractivity contribution in [2.75, 3.05) is 18.2 Å². The summed E-state index contributed by atoms with van der Waals surface area (Å²) in [5, 5.41) is 5.47. The number of nitrogens with one attached hydrogen (secondary N) is 1. The molecule has 0 bridgehead atoms. The van der Waals surface area contributed by atoms with Crippen molar-refractivity contribution in [2.24, 2.45) is 0 Å². The first-order valence-corrected chi connectivity index (χ1v) is 8.80. The molecule has 0 aliphatic carbocycles. The van der Waals surface area contributed by atoms with Crippen molar-refractivity contribution in [2.45, 2.75) is 13.8 Å². The summed E-state index contributed by atoms with van der Waals surface area (Å²) in [4.78, 5) is 16.4. The number of thiophene rings is 1. The molecule has 0 fully saturated rings. The fraction of sp³-hybridized carbons (Fsp3) is 0.158. The molecule has 0 aliphatic heterocycles. The van der Waals surface area contributed by atoms with Crippen LogP contribution in [0.2, 0.25) is 0 Å². The minimum absolute atomic E-state index is 0.211. The van der Waals surface area contributed by atoms with Crippen LogP contribution in [0, 0.1) is 13.8 Å². The molecule has 0 unspecified atom stereocenters. The monoisotopic (exact) mass is 369 g/mol. The zero-order chi connectivity index (χ0) is 18.7. The van der Waals surface area contributed by atoms with Crippen molar-refractivity contribution in [3.8, 4) is 16.6 Å². The lowest BCUT2D eigenvalue weighted by atomic mass is 10.2. The summed E-state index contributed by atoms with van der Waals surface area (Å²) in [7, 11) is 1.62. The van der Waals surface area contributed by atoms with E-state index < -0.39 is 0 Å². The predicted octanol–water partition coefficient (Wildman–Crippen LogP) is 4.40. The fourth-order valence-electron chi connectivity index (χ4n) is 2.41. The Balaban J connectivity index is 1.70. The number of carbonyl (C=O) groups excluding carboxylic acids is 1. The lowest BCUT2D eigenvalue weighted by Crippen LogP contribution is -2.15. The number of hydrogen-bond donors (Lipinski definition) is 2. The molecule has 6 nitrogen and oxygen atoms in total. The fourth-order valence-corrected chi connectivity index (χ4v) is 3.29. The van der Waals surface area contributed by atoms with E-state index in [-0.39, 0.29) is 11.7 Å². The molecule has 3 N–H and O–H groups in total. The van der Waals surface area contributed by atoms with E-state index in [1.165, 1.54) is 11.3 Å². The maximum absolute atomic E-state index is 12.3. The maximum atomic E-state index is 12.3. The Labute approximate surface area is 155 Å². The van der Waals surface area contributed by atoms with E-state index >= 15 is 0 Å². The number of nitrogens with zero attached hydrogens (tertiary/aromatic N) is 1. The second kappa shape index (κ2) is 7.45. The summed E-state index contributed by atoms with van der Waals surface area (Å²) in [6.45, 7) is 3.79. The molecule has 1 amide bonds. The Bertz CT molecular complexity index is 936. The van der Waals surface area contributed by atoms with E-state index in [9.17, 15) is 4.79 Å². The smallest absolute Gasteiger partial charge is 0.259 e. The number of methoxy groups -OCH3 is 1. The number of nitrogen functional groups attached to an aromatic ring is 1. The van der Waals surface area contributed by atoms with Crippen LogP contribution in [0.25, 0.3) is 0 Å². The molecule has 3 aromatic rings. The normalized spacial score (nSPS) is 10.4. The number of amides is 1. The Morgan fingerprint density at radius 2 is 1.88 bits per heavy atom. The molecule has 0 saturated carbocycles. The van der Waals surface area contributed by atoms with Crippen LogP contribution in [0.4, 0.5) is 11.5 Å². The second-order valence-electron chi connectivity index (χ2n) is 5.71. The standard InChI is InChI=1S/C19H19N3O3S/c1-11-10-26-19(16(11)24-3)25-14-7-5-13(6-8-14)22-18(23)15-9-4-12(2)21-17(15)20/h4-10H,1-3H3,(H2,20,21)(H,22,23). The molecule has 134 valence electrons. The van der Waals surface area contributed by atoms with Crippen LogP contribution in [-0.4, -0.2) is 18.0 Å². The summed E-state index contributed by atoms with van der Waals surface area (Å²) in [6.07, 6.45) is 0. The van der Waals surface area contributed by atoms with Gasteiger partial charge in [-0.15, -0.1) is 11.3 Å². The van der Waals surface area contributed by atoms with Crippen molar-refractivity contribution < 1.29 is 14.3 Å². The number of nitrogens with two attached hydrogens (primary N) is 1. The molecular formula is C19H19N3O3S. The number of aromatic nitrogens is 1. The Kier molecular flexibility index (Phi) is 5.09. The number of anilines is 2. The third-order valence-electron chi connectivity index (χ3n) is 3.72. The maximum Gasteiger partial charge on any atom is 0.259 e. The van der Waals surface area contributed by atoms with Gasteiger partial charge in [0.2, 0.25) is 5.06 Å². The minimum Gasteiger partial charge on any atom is -0.492 e. The molecule has 3 rings (SSSR count). The van der Waals surface area contributed by atoms with E-state index in [1.807, 2.05) is 19.2 Å². The molecule has 2 aromatic heterocycles. The number of hydrogen-bond acceptors (Lipinski definition) is 6. The zero-order valence-corrected chi connectivity index (χ0v) is 15.5. The predicted molar refractivity (Wildman–Crippen MR) is 103 cm³/mol. The number of rotatable bonds is 5. The highest BCUT2D eigenvalue weighted by Gasteiger charge is 2.13. The number of benzene rings is 1. The van der Waals surface area contributed by atoms with E-state index in [4.69, 9.17) is 15.2 Å². The SMILES string of the molecule is COc1c(C)csc1Oc1ccc(NC(=O)c2ccc(C)nc2N)cc1. The minimum atomic E-state index is -0.306. The van der Waals surface area contributed by atoms with Gasteiger partial charge in [0.25, 0.3) is 5.91 Å². The first kappa shape index (κ1) is 17.8. The van der Waals surface area contributed by atoms with Gasteiger partial charge in [0, 0.05) is 22.3 Å².